The first-order valence-corrected chi connectivity index (χ1v) is 10.4. The topological polar surface area (TPSA) is 76.1 Å². The van der Waals surface area contributed by atoms with Gasteiger partial charge in [-0.05, 0) is 43.5 Å². The molecule has 0 bridgehead atoms. The van der Waals surface area contributed by atoms with Crippen LogP contribution in [0.2, 0.25) is 5.02 Å². The van der Waals surface area contributed by atoms with Gasteiger partial charge < -0.3 is 19.5 Å². The standard InChI is InChI=1S/C21H22ClNO5S/c1-12(2)28-9-8-23-18(16-5-4-10-29-16)17(20(25)21(23)26)19(24)14-11-13(27-3)6-7-15(14)22/h4-7,10-12,18,24H,8-9H2,1-3H3/b19-17-. The molecule has 0 radical (unpaired) electrons. The molecule has 2 heterocycles. The first kappa shape index (κ1) is 21.4. The highest BCUT2D eigenvalue weighted by molar-refractivity contribution is 7.10. The third-order valence-corrected chi connectivity index (χ3v) is 5.82. The molecule has 1 saturated heterocycles. The van der Waals surface area contributed by atoms with Gasteiger partial charge in [-0.25, -0.2) is 0 Å². The molecular weight excluding hydrogens is 414 g/mol. The number of ether oxygens (including phenoxy) is 2. The van der Waals surface area contributed by atoms with Crippen molar-refractivity contribution in [3.63, 3.8) is 0 Å². The number of halogens is 1. The fourth-order valence-corrected chi connectivity index (χ4v) is 4.25. The molecule has 154 valence electrons. The van der Waals surface area contributed by atoms with Gasteiger partial charge in [0.05, 0.1) is 36.5 Å². The molecule has 1 fully saturated rings. The molecule has 1 amide bonds. The van der Waals surface area contributed by atoms with Gasteiger partial charge >= 0.3 is 0 Å². The molecule has 1 aliphatic rings. The van der Waals surface area contributed by atoms with Gasteiger partial charge in [0.2, 0.25) is 0 Å². The van der Waals surface area contributed by atoms with Crippen molar-refractivity contribution in [2.75, 3.05) is 20.3 Å². The summed E-state index contributed by atoms with van der Waals surface area (Å²) in [6.07, 6.45) is 0.00241. The van der Waals surface area contributed by atoms with E-state index in [2.05, 4.69) is 0 Å². The highest BCUT2D eigenvalue weighted by Crippen LogP contribution is 2.42. The minimum absolute atomic E-state index is 0.00241. The molecule has 1 atom stereocenters. The number of amides is 1. The Morgan fingerprint density at radius 2 is 2.07 bits per heavy atom. The van der Waals surface area contributed by atoms with E-state index in [4.69, 9.17) is 21.1 Å². The molecule has 0 spiro atoms. The first-order chi connectivity index (χ1) is 13.8. The van der Waals surface area contributed by atoms with Crippen LogP contribution in [0.1, 0.15) is 30.3 Å². The molecule has 3 rings (SSSR count). The second kappa shape index (κ2) is 8.98. The van der Waals surface area contributed by atoms with Crippen molar-refractivity contribution >= 4 is 40.4 Å². The quantitative estimate of drug-likeness (QED) is 0.399. The molecule has 1 unspecified atom stereocenters. The predicted octanol–water partition coefficient (Wildman–Crippen LogP) is 4.26. The fourth-order valence-electron chi connectivity index (χ4n) is 3.20. The van der Waals surface area contributed by atoms with Gasteiger partial charge in [0.1, 0.15) is 11.5 Å². The summed E-state index contributed by atoms with van der Waals surface area (Å²) in [4.78, 5) is 27.9. The summed E-state index contributed by atoms with van der Waals surface area (Å²) in [5.41, 5.74) is 0.251. The van der Waals surface area contributed by atoms with Gasteiger partial charge in [0, 0.05) is 17.0 Å². The van der Waals surface area contributed by atoms with Crippen molar-refractivity contribution in [2.24, 2.45) is 0 Å². The Morgan fingerprint density at radius 3 is 2.69 bits per heavy atom. The summed E-state index contributed by atoms with van der Waals surface area (Å²) >= 11 is 7.67. The van der Waals surface area contributed by atoms with Gasteiger partial charge in [-0.3, -0.25) is 9.59 Å². The van der Waals surface area contributed by atoms with Gasteiger partial charge in [-0.15, -0.1) is 11.3 Å². The van der Waals surface area contributed by atoms with Gasteiger partial charge in [0.15, 0.2) is 0 Å². The lowest BCUT2D eigenvalue weighted by Crippen LogP contribution is -2.33. The van der Waals surface area contributed by atoms with Crippen LogP contribution in [0, 0.1) is 0 Å². The van der Waals surface area contributed by atoms with Crippen LogP contribution in [0.3, 0.4) is 0 Å². The van der Waals surface area contributed by atoms with Crippen molar-refractivity contribution in [3.8, 4) is 5.75 Å². The number of Topliss-reactive ketones (excluding diaryl/α,β-unsaturated/α-hetero) is 1. The Morgan fingerprint density at radius 1 is 1.31 bits per heavy atom. The maximum atomic E-state index is 12.9. The molecule has 1 aliphatic heterocycles. The minimum atomic E-state index is -0.746. The zero-order valence-electron chi connectivity index (χ0n) is 16.3. The fraction of sp³-hybridized carbons (Fsp3) is 0.333. The third kappa shape index (κ3) is 4.32. The van der Waals surface area contributed by atoms with E-state index in [1.54, 1.807) is 18.2 Å². The predicted molar refractivity (Wildman–Crippen MR) is 112 cm³/mol. The Labute approximate surface area is 178 Å². The summed E-state index contributed by atoms with van der Waals surface area (Å²) in [5.74, 6) is -1.26. The number of likely N-dealkylation sites (tertiary alicyclic amines) is 1. The number of carbonyl (C=O) groups excluding carboxylic acids is 2. The van der Waals surface area contributed by atoms with Gasteiger partial charge in [-0.2, -0.15) is 0 Å². The zero-order valence-corrected chi connectivity index (χ0v) is 17.9. The van der Waals surface area contributed by atoms with Gasteiger partial charge in [-0.1, -0.05) is 17.7 Å². The summed E-state index contributed by atoms with van der Waals surface area (Å²) < 4.78 is 10.8. The molecule has 0 aliphatic carbocycles. The number of aliphatic hydroxyl groups excluding tert-OH is 1. The van der Waals surface area contributed by atoms with Crippen molar-refractivity contribution in [1.29, 1.82) is 0 Å². The molecule has 1 N–H and O–H groups in total. The molecular formula is C21H22ClNO5S. The lowest BCUT2D eigenvalue weighted by Gasteiger charge is -2.24. The van der Waals surface area contributed by atoms with Crippen molar-refractivity contribution in [2.45, 2.75) is 26.0 Å². The van der Waals surface area contributed by atoms with E-state index in [1.165, 1.54) is 23.3 Å². The lowest BCUT2D eigenvalue weighted by molar-refractivity contribution is -0.140. The molecule has 8 heteroatoms. The first-order valence-electron chi connectivity index (χ1n) is 9.12. The van der Waals surface area contributed by atoms with E-state index in [-0.39, 0.29) is 41.2 Å². The van der Waals surface area contributed by atoms with E-state index in [9.17, 15) is 14.7 Å². The van der Waals surface area contributed by atoms with Crippen LogP contribution in [-0.2, 0) is 14.3 Å². The van der Waals surface area contributed by atoms with E-state index >= 15 is 0 Å². The SMILES string of the molecule is COc1ccc(Cl)c(/C(O)=C2/C(=O)C(=O)N(CCOC(C)C)C2c2cccs2)c1. The Kier molecular flexibility index (Phi) is 6.62. The number of hydrogen-bond donors (Lipinski definition) is 1. The summed E-state index contributed by atoms with van der Waals surface area (Å²) in [5, 5.41) is 13.1. The van der Waals surface area contributed by atoms with Gasteiger partial charge in [0.25, 0.3) is 11.7 Å². The van der Waals surface area contributed by atoms with Crippen molar-refractivity contribution < 1.29 is 24.2 Å². The van der Waals surface area contributed by atoms with E-state index in [0.717, 1.165) is 4.88 Å². The second-order valence-corrected chi connectivity index (χ2v) is 8.16. The number of hydrogen-bond acceptors (Lipinski definition) is 6. The largest absolute Gasteiger partial charge is 0.507 e. The van der Waals surface area contributed by atoms with Crippen LogP contribution in [0.15, 0.2) is 41.3 Å². The number of methoxy groups -OCH3 is 1. The number of rotatable bonds is 7. The number of thiophene rings is 1. The monoisotopic (exact) mass is 435 g/mol. The minimum Gasteiger partial charge on any atom is -0.507 e. The summed E-state index contributed by atoms with van der Waals surface area (Å²) in [7, 11) is 1.49. The normalized spacial score (nSPS) is 18.7. The maximum Gasteiger partial charge on any atom is 0.295 e. The van der Waals surface area contributed by atoms with Crippen LogP contribution in [0.4, 0.5) is 0 Å². The number of carbonyl (C=O) groups is 2. The second-order valence-electron chi connectivity index (χ2n) is 6.77. The maximum absolute atomic E-state index is 12.9. The zero-order chi connectivity index (χ0) is 21.1. The highest BCUT2D eigenvalue weighted by atomic mass is 35.5. The molecule has 0 saturated carbocycles. The van der Waals surface area contributed by atoms with E-state index in [0.29, 0.717) is 5.75 Å². The molecule has 6 nitrogen and oxygen atoms in total. The van der Waals surface area contributed by atoms with E-state index in [1.807, 2.05) is 31.4 Å². The summed E-state index contributed by atoms with van der Waals surface area (Å²) in [6, 6.07) is 7.73. The molecule has 2 aromatic rings. The van der Waals surface area contributed by atoms with E-state index < -0.39 is 17.7 Å². The average Bonchev–Trinajstić information content (AvgIpc) is 3.30. The number of nitrogens with zero attached hydrogens (tertiary/aromatic N) is 1. The Bertz CT molecular complexity index is 939. The lowest BCUT2D eigenvalue weighted by atomic mass is 9.99. The van der Waals surface area contributed by atoms with Crippen LogP contribution < -0.4 is 4.74 Å². The van der Waals surface area contributed by atoms with Crippen LogP contribution in [0.5, 0.6) is 5.75 Å². The molecule has 29 heavy (non-hydrogen) atoms. The average molecular weight is 436 g/mol. The summed E-state index contributed by atoms with van der Waals surface area (Å²) in [6.45, 7) is 4.31. The third-order valence-electron chi connectivity index (χ3n) is 4.56. The Hall–Kier alpha value is -2.35. The number of ketones is 1. The molecule has 1 aromatic heterocycles. The van der Waals surface area contributed by atoms with Crippen LogP contribution in [0.25, 0.3) is 5.76 Å². The van der Waals surface area contributed by atoms with Crippen LogP contribution in [-0.4, -0.2) is 48.1 Å². The Balaban J connectivity index is 2.09. The van der Waals surface area contributed by atoms with Crippen molar-refractivity contribution in [3.05, 3.63) is 56.7 Å². The number of aliphatic hydroxyl groups is 1. The number of benzene rings is 1. The highest BCUT2D eigenvalue weighted by Gasteiger charge is 2.46. The molecule has 1 aromatic carbocycles. The smallest absolute Gasteiger partial charge is 0.295 e. The van der Waals surface area contributed by atoms with Crippen molar-refractivity contribution in [1.82, 2.24) is 4.90 Å². The van der Waals surface area contributed by atoms with Crippen LogP contribution >= 0.6 is 22.9 Å².